The second-order valence-corrected chi connectivity index (χ2v) is 5.26. The van der Waals surface area contributed by atoms with Gasteiger partial charge in [0.1, 0.15) is 0 Å². The predicted octanol–water partition coefficient (Wildman–Crippen LogP) is 1.66. The number of pyridine rings is 1. The zero-order valence-corrected chi connectivity index (χ0v) is 12.3. The Balaban J connectivity index is 1.98. The maximum absolute atomic E-state index is 12.5. The van der Waals surface area contributed by atoms with Crippen LogP contribution in [-0.2, 0) is 9.47 Å². The molecule has 20 heavy (non-hydrogen) atoms. The van der Waals surface area contributed by atoms with Crippen molar-refractivity contribution in [3.05, 3.63) is 29.6 Å². The quantitative estimate of drug-likeness (QED) is 0.840. The summed E-state index contributed by atoms with van der Waals surface area (Å²) in [5.74, 6) is 0.0217. The van der Waals surface area contributed by atoms with E-state index in [1.54, 1.807) is 12.3 Å². The molecule has 0 spiro atoms. The first-order valence-corrected chi connectivity index (χ1v) is 7.02. The molecule has 1 aliphatic rings. The molecule has 1 saturated heterocycles. The Hall–Kier alpha value is -1.46. The molecule has 0 aromatic carbocycles. The first-order chi connectivity index (χ1) is 9.58. The van der Waals surface area contributed by atoms with Crippen LogP contribution in [0.25, 0.3) is 0 Å². The van der Waals surface area contributed by atoms with Crippen molar-refractivity contribution in [2.24, 2.45) is 0 Å². The maximum atomic E-state index is 12.5. The molecular weight excluding hydrogens is 256 g/mol. The van der Waals surface area contributed by atoms with Gasteiger partial charge in [0.05, 0.1) is 31.0 Å². The van der Waals surface area contributed by atoms with E-state index in [0.717, 1.165) is 5.69 Å². The third-order valence-corrected chi connectivity index (χ3v) is 3.28. The van der Waals surface area contributed by atoms with E-state index in [1.165, 1.54) is 0 Å². The highest BCUT2D eigenvalue weighted by Gasteiger charge is 2.26. The Kier molecular flexibility index (Phi) is 5.09. The fraction of sp³-hybridized carbons (Fsp3) is 0.600. The summed E-state index contributed by atoms with van der Waals surface area (Å²) in [6.45, 7) is 8.10. The van der Waals surface area contributed by atoms with Crippen molar-refractivity contribution in [1.29, 1.82) is 0 Å². The zero-order valence-electron chi connectivity index (χ0n) is 12.3. The molecule has 0 aliphatic carbocycles. The molecule has 1 atom stereocenters. The van der Waals surface area contributed by atoms with Crippen LogP contribution < -0.4 is 0 Å². The summed E-state index contributed by atoms with van der Waals surface area (Å²) >= 11 is 0. The van der Waals surface area contributed by atoms with Crippen molar-refractivity contribution in [3.63, 3.8) is 0 Å². The Morgan fingerprint density at radius 1 is 1.60 bits per heavy atom. The number of ether oxygens (including phenoxy) is 2. The van der Waals surface area contributed by atoms with Crippen LogP contribution in [0.3, 0.4) is 0 Å². The smallest absolute Gasteiger partial charge is 0.255 e. The van der Waals surface area contributed by atoms with E-state index < -0.39 is 0 Å². The van der Waals surface area contributed by atoms with Gasteiger partial charge < -0.3 is 14.4 Å². The van der Waals surface area contributed by atoms with Gasteiger partial charge in [-0.3, -0.25) is 9.78 Å². The van der Waals surface area contributed by atoms with Gasteiger partial charge in [0.15, 0.2) is 0 Å². The van der Waals surface area contributed by atoms with E-state index in [4.69, 9.17) is 9.47 Å². The highest BCUT2D eigenvalue weighted by molar-refractivity contribution is 5.95. The van der Waals surface area contributed by atoms with Gasteiger partial charge in [-0.1, -0.05) is 0 Å². The Labute approximate surface area is 119 Å². The Bertz CT molecular complexity index is 462. The molecule has 1 fully saturated rings. The van der Waals surface area contributed by atoms with Gasteiger partial charge in [0.2, 0.25) is 0 Å². The summed E-state index contributed by atoms with van der Waals surface area (Å²) in [7, 11) is 0. The Morgan fingerprint density at radius 2 is 2.40 bits per heavy atom. The van der Waals surface area contributed by atoms with Crippen LogP contribution in [0, 0.1) is 6.92 Å². The van der Waals surface area contributed by atoms with Gasteiger partial charge in [-0.25, -0.2) is 0 Å². The average Bonchev–Trinajstić information content (AvgIpc) is 2.45. The first kappa shape index (κ1) is 14.9. The minimum atomic E-state index is -0.0490. The number of aryl methyl sites for hydroxylation is 1. The normalized spacial score (nSPS) is 19.4. The summed E-state index contributed by atoms with van der Waals surface area (Å²) in [6.07, 6.45) is 1.82. The summed E-state index contributed by atoms with van der Waals surface area (Å²) < 4.78 is 11.2. The number of amides is 1. The average molecular weight is 278 g/mol. The van der Waals surface area contributed by atoms with Gasteiger partial charge in [-0.05, 0) is 32.9 Å². The largest absolute Gasteiger partial charge is 0.376 e. The number of nitrogens with zero attached hydrogens (tertiary/aromatic N) is 2. The van der Waals surface area contributed by atoms with Crippen LogP contribution >= 0.6 is 0 Å². The fourth-order valence-corrected chi connectivity index (χ4v) is 2.19. The number of aromatic nitrogens is 1. The van der Waals surface area contributed by atoms with Crippen LogP contribution in [0.1, 0.15) is 29.9 Å². The van der Waals surface area contributed by atoms with Gasteiger partial charge in [-0.2, -0.15) is 0 Å². The number of hydrogen-bond acceptors (Lipinski definition) is 4. The first-order valence-electron chi connectivity index (χ1n) is 7.02. The second-order valence-electron chi connectivity index (χ2n) is 5.26. The Morgan fingerprint density at radius 3 is 3.10 bits per heavy atom. The van der Waals surface area contributed by atoms with Crippen LogP contribution in [0.4, 0.5) is 0 Å². The van der Waals surface area contributed by atoms with E-state index in [-0.39, 0.29) is 18.1 Å². The van der Waals surface area contributed by atoms with E-state index in [9.17, 15) is 4.79 Å². The predicted molar refractivity (Wildman–Crippen MR) is 75.7 cm³/mol. The third kappa shape index (κ3) is 3.77. The minimum Gasteiger partial charge on any atom is -0.376 e. The SMILES string of the molecule is Cc1ncccc1C(=O)N1CCOC(COC(C)C)C1. The molecule has 1 aromatic heterocycles. The topological polar surface area (TPSA) is 51.7 Å². The van der Waals surface area contributed by atoms with Crippen LogP contribution in [0.5, 0.6) is 0 Å². The minimum absolute atomic E-state index is 0.0217. The van der Waals surface area contributed by atoms with Crippen molar-refractivity contribution in [2.45, 2.75) is 33.0 Å². The molecule has 0 saturated carbocycles. The molecule has 2 heterocycles. The molecule has 5 nitrogen and oxygen atoms in total. The van der Waals surface area contributed by atoms with Crippen LogP contribution in [0.15, 0.2) is 18.3 Å². The van der Waals surface area contributed by atoms with Gasteiger partial charge in [0.25, 0.3) is 5.91 Å². The number of morpholine rings is 1. The van der Waals surface area contributed by atoms with Gasteiger partial charge in [0, 0.05) is 25.0 Å². The summed E-state index contributed by atoms with van der Waals surface area (Å²) in [5, 5.41) is 0. The maximum Gasteiger partial charge on any atom is 0.255 e. The summed E-state index contributed by atoms with van der Waals surface area (Å²) in [6, 6.07) is 3.61. The van der Waals surface area contributed by atoms with Gasteiger partial charge >= 0.3 is 0 Å². The molecule has 1 unspecified atom stereocenters. The van der Waals surface area contributed by atoms with Crippen molar-refractivity contribution >= 4 is 5.91 Å². The summed E-state index contributed by atoms with van der Waals surface area (Å²) in [5.41, 5.74) is 1.43. The lowest BCUT2D eigenvalue weighted by Crippen LogP contribution is -2.47. The van der Waals surface area contributed by atoms with E-state index >= 15 is 0 Å². The highest BCUT2D eigenvalue weighted by atomic mass is 16.5. The lowest BCUT2D eigenvalue weighted by molar-refractivity contribution is -0.0725. The second kappa shape index (κ2) is 6.81. The fourth-order valence-electron chi connectivity index (χ4n) is 2.19. The third-order valence-electron chi connectivity index (χ3n) is 3.28. The van der Waals surface area contributed by atoms with Crippen molar-refractivity contribution in [2.75, 3.05) is 26.3 Å². The lowest BCUT2D eigenvalue weighted by Gasteiger charge is -2.33. The molecule has 0 N–H and O–H groups in total. The van der Waals surface area contributed by atoms with Crippen molar-refractivity contribution in [3.8, 4) is 0 Å². The lowest BCUT2D eigenvalue weighted by atomic mass is 10.1. The van der Waals surface area contributed by atoms with Crippen LogP contribution in [-0.4, -0.2) is 54.3 Å². The molecule has 0 bridgehead atoms. The number of rotatable bonds is 4. The molecule has 110 valence electrons. The molecule has 0 radical (unpaired) electrons. The highest BCUT2D eigenvalue weighted by Crippen LogP contribution is 2.13. The van der Waals surface area contributed by atoms with E-state index in [2.05, 4.69) is 4.98 Å². The van der Waals surface area contributed by atoms with E-state index in [0.29, 0.717) is 31.9 Å². The molecule has 5 heteroatoms. The molecule has 2 rings (SSSR count). The van der Waals surface area contributed by atoms with Crippen molar-refractivity contribution < 1.29 is 14.3 Å². The standard InChI is InChI=1S/C15H22N2O3/c1-11(2)20-10-13-9-17(7-8-19-13)15(18)14-5-4-6-16-12(14)3/h4-6,11,13H,7-10H2,1-3H3. The van der Waals surface area contributed by atoms with E-state index in [1.807, 2.05) is 31.7 Å². The molecule has 1 aliphatic heterocycles. The number of carbonyl (C=O) groups excluding carboxylic acids is 1. The summed E-state index contributed by atoms with van der Waals surface area (Å²) in [4.78, 5) is 18.5. The molecule has 1 aromatic rings. The number of hydrogen-bond donors (Lipinski definition) is 0. The zero-order chi connectivity index (χ0) is 14.5. The molecule has 1 amide bonds. The monoisotopic (exact) mass is 278 g/mol. The number of carbonyl (C=O) groups is 1. The van der Waals surface area contributed by atoms with Crippen LogP contribution in [0.2, 0.25) is 0 Å². The van der Waals surface area contributed by atoms with Gasteiger partial charge in [-0.15, -0.1) is 0 Å². The van der Waals surface area contributed by atoms with Crippen molar-refractivity contribution in [1.82, 2.24) is 9.88 Å². The molecular formula is C15H22N2O3.